The molecule has 0 aliphatic rings. The van der Waals surface area contributed by atoms with Crippen molar-refractivity contribution < 1.29 is 18.3 Å². The molecule has 0 aliphatic carbocycles. The first-order valence-electron chi connectivity index (χ1n) is 3.98. The molecular weight excluding hydrogens is 224 g/mol. The van der Waals surface area contributed by atoms with Crippen LogP contribution in [0, 0.1) is 0 Å². The van der Waals surface area contributed by atoms with Crippen molar-refractivity contribution in [3.8, 4) is 0 Å². The fourth-order valence-electron chi connectivity index (χ4n) is 0.947. The van der Waals surface area contributed by atoms with Gasteiger partial charge in [0.25, 0.3) is 0 Å². The molecule has 1 unspecified atom stereocenters. The summed E-state index contributed by atoms with van der Waals surface area (Å²) in [7, 11) is -3.29. The lowest BCUT2D eigenvalue weighted by molar-refractivity contribution is -0.140. The summed E-state index contributed by atoms with van der Waals surface area (Å²) in [6, 6.07) is -0.989. The lowest BCUT2D eigenvalue weighted by Crippen LogP contribution is -2.20. The molecule has 1 aromatic rings. The van der Waals surface area contributed by atoms with E-state index in [1.807, 2.05) is 0 Å². The average molecular weight is 234 g/mol. The first-order chi connectivity index (χ1) is 6.81. The minimum atomic E-state index is -3.29. The molecule has 0 saturated carbocycles. The Morgan fingerprint density at radius 1 is 1.60 bits per heavy atom. The van der Waals surface area contributed by atoms with E-state index in [1.165, 1.54) is 6.92 Å². The number of hydrogen-bond acceptors (Lipinski definition) is 6. The quantitative estimate of drug-likeness (QED) is 0.700. The largest absolute Gasteiger partial charge is 0.480 e. The molecule has 0 radical (unpaired) electrons. The van der Waals surface area contributed by atoms with Crippen LogP contribution >= 0.6 is 0 Å². The summed E-state index contributed by atoms with van der Waals surface area (Å²) in [5, 5.41) is 18.9. The van der Waals surface area contributed by atoms with Crippen LogP contribution in [0.3, 0.4) is 0 Å². The van der Waals surface area contributed by atoms with Crippen molar-refractivity contribution in [2.24, 2.45) is 0 Å². The van der Waals surface area contributed by atoms with Crippen molar-refractivity contribution in [3.63, 3.8) is 0 Å². The summed E-state index contributed by atoms with van der Waals surface area (Å²) in [4.78, 5) is 10.6. The molecule has 0 aliphatic heterocycles. The Labute approximate surface area is 85.8 Å². The molecule has 84 valence electrons. The average Bonchev–Trinajstić information content (AvgIpc) is 2.47. The van der Waals surface area contributed by atoms with Gasteiger partial charge in [-0.05, 0) is 17.4 Å². The van der Waals surface area contributed by atoms with Gasteiger partial charge in [0, 0.05) is 6.26 Å². The fourth-order valence-corrected chi connectivity index (χ4v) is 1.61. The highest BCUT2D eigenvalue weighted by Gasteiger charge is 2.21. The third-order valence-electron chi connectivity index (χ3n) is 1.68. The second-order valence-electron chi connectivity index (χ2n) is 3.12. The zero-order valence-electron chi connectivity index (χ0n) is 8.15. The number of carboxylic acids is 1. The van der Waals surface area contributed by atoms with E-state index < -0.39 is 21.8 Å². The van der Waals surface area contributed by atoms with Crippen LogP contribution in [0.1, 0.15) is 18.8 Å². The molecule has 8 nitrogen and oxygen atoms in total. The second kappa shape index (κ2) is 3.93. The Balaban J connectivity index is 3.02. The van der Waals surface area contributed by atoms with Crippen molar-refractivity contribution in [3.05, 3.63) is 5.82 Å². The van der Waals surface area contributed by atoms with Gasteiger partial charge in [-0.1, -0.05) is 0 Å². The third-order valence-corrected chi connectivity index (χ3v) is 2.46. The SMILES string of the molecule is CC(C(=O)O)n1nnnc1CS(C)(=O)=O. The van der Waals surface area contributed by atoms with Crippen molar-refractivity contribution in [2.45, 2.75) is 18.7 Å². The molecule has 0 spiro atoms. The maximum absolute atomic E-state index is 11.0. The molecule has 0 saturated heterocycles. The molecule has 9 heteroatoms. The van der Waals surface area contributed by atoms with Crippen LogP contribution in [0.5, 0.6) is 0 Å². The van der Waals surface area contributed by atoms with Gasteiger partial charge in [0.1, 0.15) is 11.8 Å². The highest BCUT2D eigenvalue weighted by molar-refractivity contribution is 7.89. The van der Waals surface area contributed by atoms with E-state index in [9.17, 15) is 13.2 Å². The molecule has 0 bridgehead atoms. The lowest BCUT2D eigenvalue weighted by Gasteiger charge is -2.07. The fraction of sp³-hybridized carbons (Fsp3) is 0.667. The molecule has 1 heterocycles. The van der Waals surface area contributed by atoms with E-state index in [0.29, 0.717) is 0 Å². The van der Waals surface area contributed by atoms with Gasteiger partial charge in [-0.3, -0.25) is 0 Å². The number of tetrazole rings is 1. The molecule has 1 N–H and O–H groups in total. The number of rotatable bonds is 4. The van der Waals surface area contributed by atoms with Crippen LogP contribution in [0.2, 0.25) is 0 Å². The zero-order chi connectivity index (χ0) is 11.6. The lowest BCUT2D eigenvalue weighted by atomic mass is 10.3. The van der Waals surface area contributed by atoms with Crippen LogP contribution in [0.15, 0.2) is 0 Å². The number of carbonyl (C=O) groups is 1. The second-order valence-corrected chi connectivity index (χ2v) is 5.26. The number of sulfone groups is 1. The first kappa shape index (κ1) is 11.6. The first-order valence-corrected chi connectivity index (χ1v) is 6.04. The van der Waals surface area contributed by atoms with Crippen LogP contribution in [-0.2, 0) is 20.4 Å². The number of aromatic nitrogens is 4. The summed E-state index contributed by atoms with van der Waals surface area (Å²) in [6.07, 6.45) is 1.03. The highest BCUT2D eigenvalue weighted by atomic mass is 32.2. The Bertz CT molecular complexity index is 465. The number of carboxylic acid groups (broad SMARTS) is 1. The Hall–Kier alpha value is -1.51. The van der Waals surface area contributed by atoms with Gasteiger partial charge in [-0.15, -0.1) is 5.10 Å². The highest BCUT2D eigenvalue weighted by Crippen LogP contribution is 2.08. The summed E-state index contributed by atoms with van der Waals surface area (Å²) >= 11 is 0. The molecule has 1 aromatic heterocycles. The van der Waals surface area contributed by atoms with Gasteiger partial charge < -0.3 is 5.11 Å². The number of aliphatic carboxylic acids is 1. The Morgan fingerprint density at radius 3 is 2.67 bits per heavy atom. The van der Waals surface area contributed by atoms with Crippen molar-refractivity contribution in [1.82, 2.24) is 20.2 Å². The number of hydrogen-bond donors (Lipinski definition) is 1. The maximum Gasteiger partial charge on any atom is 0.328 e. The van der Waals surface area contributed by atoms with Crippen molar-refractivity contribution in [1.29, 1.82) is 0 Å². The molecule has 1 rings (SSSR count). The van der Waals surface area contributed by atoms with Gasteiger partial charge in [0.05, 0.1) is 0 Å². The summed E-state index contributed by atoms with van der Waals surface area (Å²) in [5.74, 6) is -1.48. The standard InChI is InChI=1S/C6H10N4O4S/c1-4(6(11)12)10-5(7-8-9-10)3-15(2,13)14/h4H,3H2,1-2H3,(H,11,12). The van der Waals surface area contributed by atoms with E-state index in [1.54, 1.807) is 0 Å². The van der Waals surface area contributed by atoms with Gasteiger partial charge in [0.2, 0.25) is 0 Å². The zero-order valence-corrected chi connectivity index (χ0v) is 8.97. The minimum Gasteiger partial charge on any atom is -0.480 e. The van der Waals surface area contributed by atoms with Gasteiger partial charge in [0.15, 0.2) is 15.7 Å². The Kier molecular flexibility index (Phi) is 3.03. The molecular formula is C6H10N4O4S. The van der Waals surface area contributed by atoms with Crippen LogP contribution < -0.4 is 0 Å². The van der Waals surface area contributed by atoms with E-state index in [-0.39, 0.29) is 11.6 Å². The van der Waals surface area contributed by atoms with Gasteiger partial charge >= 0.3 is 5.97 Å². The summed E-state index contributed by atoms with van der Waals surface area (Å²) in [5.41, 5.74) is 0. The number of nitrogens with zero attached hydrogens (tertiary/aromatic N) is 4. The molecule has 0 fully saturated rings. The maximum atomic E-state index is 11.0. The molecule has 0 amide bonds. The van der Waals surface area contributed by atoms with E-state index in [4.69, 9.17) is 5.11 Å². The summed E-state index contributed by atoms with van der Waals surface area (Å²) in [6.45, 7) is 1.37. The van der Waals surface area contributed by atoms with Gasteiger partial charge in [-0.25, -0.2) is 17.9 Å². The van der Waals surface area contributed by atoms with Crippen LogP contribution in [0.4, 0.5) is 0 Å². The predicted molar refractivity (Wildman–Crippen MR) is 48.7 cm³/mol. The third kappa shape index (κ3) is 2.98. The minimum absolute atomic E-state index is 0.0207. The predicted octanol–water partition coefficient (Wildman–Crippen LogP) is -1.14. The van der Waals surface area contributed by atoms with Gasteiger partial charge in [-0.2, -0.15) is 0 Å². The normalized spacial score (nSPS) is 13.7. The smallest absolute Gasteiger partial charge is 0.328 e. The molecule has 15 heavy (non-hydrogen) atoms. The van der Waals surface area contributed by atoms with Crippen molar-refractivity contribution >= 4 is 15.8 Å². The monoisotopic (exact) mass is 234 g/mol. The van der Waals surface area contributed by atoms with Crippen LogP contribution in [-0.4, -0.2) is 46.0 Å². The topological polar surface area (TPSA) is 115 Å². The summed E-state index contributed by atoms with van der Waals surface area (Å²) < 4.78 is 22.9. The van der Waals surface area contributed by atoms with Crippen LogP contribution in [0.25, 0.3) is 0 Å². The Morgan fingerprint density at radius 2 is 2.20 bits per heavy atom. The molecule has 0 aromatic carbocycles. The van der Waals surface area contributed by atoms with E-state index in [2.05, 4.69) is 15.5 Å². The van der Waals surface area contributed by atoms with Crippen molar-refractivity contribution in [2.75, 3.05) is 6.26 Å². The molecule has 1 atom stereocenters. The van der Waals surface area contributed by atoms with E-state index in [0.717, 1.165) is 10.9 Å². The van der Waals surface area contributed by atoms with E-state index >= 15 is 0 Å².